The second-order valence-corrected chi connectivity index (χ2v) is 6.94. The zero-order valence-electron chi connectivity index (χ0n) is 16.6. The van der Waals surface area contributed by atoms with E-state index in [0.717, 1.165) is 28.2 Å². The van der Waals surface area contributed by atoms with Crippen LogP contribution >= 0.6 is 0 Å². The fraction of sp³-hybridized carbons (Fsp3) is 0.167. The molecule has 0 saturated heterocycles. The smallest absolute Gasteiger partial charge is 0.266 e. The number of para-hydroxylation sites is 1. The molecule has 1 N–H and O–H groups in total. The number of carbonyl (C=O) groups is 1. The molecule has 1 aromatic heterocycles. The lowest BCUT2D eigenvalue weighted by atomic mass is 10.1. The second-order valence-electron chi connectivity index (χ2n) is 6.94. The fourth-order valence-electron chi connectivity index (χ4n) is 3.23. The summed E-state index contributed by atoms with van der Waals surface area (Å²) in [7, 11) is 0. The van der Waals surface area contributed by atoms with E-state index in [2.05, 4.69) is 41.1 Å². The SMILES string of the molecule is Cc1ccc(-n2c(C)cc(C=C(C#N)C(=O)Nc3ccccc3C)c2C)cc1. The summed E-state index contributed by atoms with van der Waals surface area (Å²) in [6, 6.07) is 19.8. The summed E-state index contributed by atoms with van der Waals surface area (Å²) in [6.07, 6.45) is 1.65. The number of amides is 1. The highest BCUT2D eigenvalue weighted by Crippen LogP contribution is 2.23. The Labute approximate surface area is 165 Å². The lowest BCUT2D eigenvalue weighted by Crippen LogP contribution is -2.14. The highest BCUT2D eigenvalue weighted by Gasteiger charge is 2.14. The van der Waals surface area contributed by atoms with Crippen molar-refractivity contribution in [3.8, 4) is 11.8 Å². The molecule has 0 bridgehead atoms. The van der Waals surface area contributed by atoms with Gasteiger partial charge in [0.15, 0.2) is 0 Å². The number of aryl methyl sites for hydroxylation is 3. The van der Waals surface area contributed by atoms with E-state index in [9.17, 15) is 10.1 Å². The molecule has 0 spiro atoms. The first kappa shape index (κ1) is 19.2. The van der Waals surface area contributed by atoms with E-state index in [1.54, 1.807) is 6.08 Å². The van der Waals surface area contributed by atoms with Gasteiger partial charge in [-0.1, -0.05) is 35.9 Å². The Balaban J connectivity index is 1.94. The topological polar surface area (TPSA) is 57.8 Å². The molecule has 0 atom stereocenters. The van der Waals surface area contributed by atoms with Crippen LogP contribution in [0.25, 0.3) is 11.8 Å². The van der Waals surface area contributed by atoms with Crippen LogP contribution in [0.3, 0.4) is 0 Å². The van der Waals surface area contributed by atoms with Crippen molar-refractivity contribution >= 4 is 17.7 Å². The van der Waals surface area contributed by atoms with Crippen molar-refractivity contribution in [1.82, 2.24) is 4.57 Å². The first-order chi connectivity index (χ1) is 13.4. The Morgan fingerprint density at radius 1 is 1.04 bits per heavy atom. The number of aromatic nitrogens is 1. The summed E-state index contributed by atoms with van der Waals surface area (Å²) < 4.78 is 2.12. The van der Waals surface area contributed by atoms with Crippen LogP contribution in [0.5, 0.6) is 0 Å². The average molecular weight is 369 g/mol. The summed E-state index contributed by atoms with van der Waals surface area (Å²) in [4.78, 5) is 12.6. The molecular formula is C24H23N3O. The molecule has 1 amide bonds. The van der Waals surface area contributed by atoms with Gasteiger partial charge in [0.1, 0.15) is 11.6 Å². The van der Waals surface area contributed by atoms with Gasteiger partial charge in [-0.25, -0.2) is 0 Å². The van der Waals surface area contributed by atoms with E-state index in [1.165, 1.54) is 5.56 Å². The van der Waals surface area contributed by atoms with Gasteiger partial charge in [-0.3, -0.25) is 4.79 Å². The van der Waals surface area contributed by atoms with E-state index in [0.29, 0.717) is 5.69 Å². The molecule has 4 heteroatoms. The molecule has 1 heterocycles. The molecule has 3 rings (SSSR count). The molecule has 0 radical (unpaired) electrons. The van der Waals surface area contributed by atoms with Gasteiger partial charge < -0.3 is 9.88 Å². The van der Waals surface area contributed by atoms with Gasteiger partial charge in [0.25, 0.3) is 5.91 Å². The van der Waals surface area contributed by atoms with Crippen molar-refractivity contribution in [2.75, 3.05) is 5.32 Å². The maximum absolute atomic E-state index is 12.6. The number of hydrogen-bond acceptors (Lipinski definition) is 2. The van der Waals surface area contributed by atoms with Crippen molar-refractivity contribution < 1.29 is 4.79 Å². The monoisotopic (exact) mass is 369 g/mol. The maximum atomic E-state index is 12.6. The Bertz CT molecular complexity index is 1100. The third kappa shape index (κ3) is 3.89. The molecule has 0 saturated carbocycles. The first-order valence-corrected chi connectivity index (χ1v) is 9.15. The van der Waals surface area contributed by atoms with E-state index in [1.807, 2.05) is 57.2 Å². The van der Waals surface area contributed by atoms with Gasteiger partial charge in [0, 0.05) is 22.8 Å². The summed E-state index contributed by atoms with van der Waals surface area (Å²) >= 11 is 0. The summed E-state index contributed by atoms with van der Waals surface area (Å²) in [6.45, 7) is 7.98. The Morgan fingerprint density at radius 2 is 1.71 bits per heavy atom. The van der Waals surface area contributed by atoms with Gasteiger partial charge in [-0.15, -0.1) is 0 Å². The molecule has 0 unspecified atom stereocenters. The Morgan fingerprint density at radius 3 is 2.36 bits per heavy atom. The van der Waals surface area contributed by atoms with Gasteiger partial charge in [-0.05, 0) is 69.2 Å². The molecule has 2 aromatic carbocycles. The Kier molecular flexibility index (Phi) is 5.47. The lowest BCUT2D eigenvalue weighted by Gasteiger charge is -2.10. The minimum absolute atomic E-state index is 0.0763. The third-order valence-electron chi connectivity index (χ3n) is 4.82. The number of carbonyl (C=O) groups excluding carboxylic acids is 1. The molecule has 28 heavy (non-hydrogen) atoms. The number of hydrogen-bond donors (Lipinski definition) is 1. The quantitative estimate of drug-likeness (QED) is 0.504. The minimum atomic E-state index is -0.406. The third-order valence-corrected chi connectivity index (χ3v) is 4.82. The van der Waals surface area contributed by atoms with Crippen molar-refractivity contribution in [3.63, 3.8) is 0 Å². The second kappa shape index (κ2) is 7.98. The number of rotatable bonds is 4. The van der Waals surface area contributed by atoms with Crippen LogP contribution in [0, 0.1) is 39.0 Å². The van der Waals surface area contributed by atoms with Gasteiger partial charge in [-0.2, -0.15) is 5.26 Å². The minimum Gasteiger partial charge on any atom is -0.321 e. The van der Waals surface area contributed by atoms with Crippen molar-refractivity contribution in [1.29, 1.82) is 5.26 Å². The molecule has 0 fully saturated rings. The van der Waals surface area contributed by atoms with Crippen LogP contribution in [-0.2, 0) is 4.79 Å². The van der Waals surface area contributed by atoms with Gasteiger partial charge >= 0.3 is 0 Å². The highest BCUT2D eigenvalue weighted by molar-refractivity contribution is 6.10. The molecule has 0 aliphatic rings. The fourth-order valence-corrected chi connectivity index (χ4v) is 3.23. The highest BCUT2D eigenvalue weighted by atomic mass is 16.1. The van der Waals surface area contributed by atoms with Crippen LogP contribution in [0.2, 0.25) is 0 Å². The summed E-state index contributed by atoms with van der Waals surface area (Å²) in [5.74, 6) is -0.406. The van der Waals surface area contributed by atoms with Crippen molar-refractivity contribution in [3.05, 3.63) is 88.2 Å². The van der Waals surface area contributed by atoms with Gasteiger partial charge in [0.2, 0.25) is 0 Å². The normalized spacial score (nSPS) is 11.2. The Hall–Kier alpha value is -3.58. The van der Waals surface area contributed by atoms with Crippen LogP contribution < -0.4 is 5.32 Å². The van der Waals surface area contributed by atoms with Crippen molar-refractivity contribution in [2.45, 2.75) is 27.7 Å². The number of anilines is 1. The predicted molar refractivity (Wildman–Crippen MR) is 113 cm³/mol. The van der Waals surface area contributed by atoms with Gasteiger partial charge in [0.05, 0.1) is 0 Å². The molecule has 140 valence electrons. The van der Waals surface area contributed by atoms with Crippen molar-refractivity contribution in [2.24, 2.45) is 0 Å². The van der Waals surface area contributed by atoms with E-state index < -0.39 is 5.91 Å². The summed E-state index contributed by atoms with van der Waals surface area (Å²) in [5, 5.41) is 12.4. The van der Waals surface area contributed by atoms with E-state index >= 15 is 0 Å². The average Bonchev–Trinajstić information content (AvgIpc) is 2.95. The molecule has 0 aliphatic carbocycles. The molecule has 4 nitrogen and oxygen atoms in total. The van der Waals surface area contributed by atoms with Crippen LogP contribution in [0.15, 0.2) is 60.2 Å². The van der Waals surface area contributed by atoms with Crippen LogP contribution in [-0.4, -0.2) is 10.5 Å². The molecule has 0 aliphatic heterocycles. The lowest BCUT2D eigenvalue weighted by molar-refractivity contribution is -0.112. The first-order valence-electron chi connectivity index (χ1n) is 9.15. The van der Waals surface area contributed by atoms with Crippen LogP contribution in [0.4, 0.5) is 5.69 Å². The number of nitrogens with zero attached hydrogens (tertiary/aromatic N) is 2. The number of nitriles is 1. The zero-order chi connectivity index (χ0) is 20.3. The summed E-state index contributed by atoms with van der Waals surface area (Å²) in [5.41, 5.74) is 6.88. The number of benzene rings is 2. The zero-order valence-corrected chi connectivity index (χ0v) is 16.6. The largest absolute Gasteiger partial charge is 0.321 e. The molecule has 3 aromatic rings. The van der Waals surface area contributed by atoms with E-state index in [4.69, 9.17) is 0 Å². The van der Waals surface area contributed by atoms with E-state index in [-0.39, 0.29) is 5.57 Å². The predicted octanol–water partition coefficient (Wildman–Crippen LogP) is 5.26. The van der Waals surface area contributed by atoms with Crippen LogP contribution in [0.1, 0.15) is 28.1 Å². The maximum Gasteiger partial charge on any atom is 0.266 e. The number of nitrogens with one attached hydrogen (secondary N) is 1. The standard InChI is InChI=1S/C24H23N3O/c1-16-9-11-22(12-10-16)27-18(3)13-20(19(27)4)14-21(15-25)24(28)26-23-8-6-5-7-17(23)2/h5-14H,1-4H3,(H,26,28). The molecular weight excluding hydrogens is 346 g/mol.